The Balaban J connectivity index is 1.54. The molecule has 29 heavy (non-hydrogen) atoms. The van der Waals surface area contributed by atoms with Crippen LogP contribution in [0.5, 0.6) is 0 Å². The second kappa shape index (κ2) is 7.43. The number of hydrogen-bond acceptors (Lipinski definition) is 3. The van der Waals surface area contributed by atoms with Crippen molar-refractivity contribution in [3.05, 3.63) is 88.5 Å². The van der Waals surface area contributed by atoms with Crippen molar-refractivity contribution < 1.29 is 19.4 Å². The van der Waals surface area contributed by atoms with Crippen LogP contribution in [-0.2, 0) is 4.74 Å². The Morgan fingerprint density at radius 3 is 2.14 bits per heavy atom. The first-order valence-electron chi connectivity index (χ1n) is 9.42. The molecular weight excluding hydrogens is 366 g/mol. The van der Waals surface area contributed by atoms with Gasteiger partial charge in [-0.05, 0) is 53.3 Å². The van der Waals surface area contributed by atoms with E-state index in [4.69, 9.17) is 4.74 Å². The highest BCUT2D eigenvalue weighted by Gasteiger charge is 2.29. The molecule has 0 heterocycles. The lowest BCUT2D eigenvalue weighted by atomic mass is 9.98. The van der Waals surface area contributed by atoms with Gasteiger partial charge in [-0.3, -0.25) is 5.32 Å². The summed E-state index contributed by atoms with van der Waals surface area (Å²) in [7, 11) is 0. The van der Waals surface area contributed by atoms with E-state index in [0.717, 1.165) is 27.8 Å². The third kappa shape index (κ3) is 3.47. The summed E-state index contributed by atoms with van der Waals surface area (Å²) in [6, 6.07) is 19.6. The molecule has 2 N–H and O–H groups in total. The van der Waals surface area contributed by atoms with Crippen LogP contribution in [0.2, 0.25) is 0 Å². The second-order valence-electron chi connectivity index (χ2n) is 7.26. The molecule has 0 aromatic heterocycles. The van der Waals surface area contributed by atoms with Crippen molar-refractivity contribution in [2.45, 2.75) is 19.8 Å². The van der Waals surface area contributed by atoms with Gasteiger partial charge in [0.05, 0.1) is 11.3 Å². The lowest BCUT2D eigenvalue weighted by Gasteiger charge is -2.16. The normalized spacial score (nSPS) is 12.2. The van der Waals surface area contributed by atoms with Crippen LogP contribution in [0.25, 0.3) is 11.1 Å². The van der Waals surface area contributed by atoms with Gasteiger partial charge in [-0.15, -0.1) is 0 Å². The molecule has 5 nitrogen and oxygen atoms in total. The summed E-state index contributed by atoms with van der Waals surface area (Å²) in [6.45, 7) is 3.73. The molecule has 0 saturated heterocycles. The van der Waals surface area contributed by atoms with Crippen molar-refractivity contribution in [3.8, 4) is 11.1 Å². The third-order valence-electron chi connectivity index (χ3n) is 5.27. The van der Waals surface area contributed by atoms with Gasteiger partial charge in [-0.2, -0.15) is 0 Å². The minimum absolute atomic E-state index is 0.0497. The average Bonchev–Trinajstić information content (AvgIpc) is 2.99. The zero-order valence-electron chi connectivity index (χ0n) is 16.2. The van der Waals surface area contributed by atoms with E-state index in [1.807, 2.05) is 43.3 Å². The highest BCUT2D eigenvalue weighted by atomic mass is 16.5. The molecule has 0 spiro atoms. The van der Waals surface area contributed by atoms with Crippen molar-refractivity contribution in [2.24, 2.45) is 0 Å². The molecule has 4 rings (SSSR count). The monoisotopic (exact) mass is 387 g/mol. The number of carbonyl (C=O) groups is 2. The summed E-state index contributed by atoms with van der Waals surface area (Å²) >= 11 is 0. The van der Waals surface area contributed by atoms with Crippen LogP contribution in [-0.4, -0.2) is 23.8 Å². The number of ether oxygens (including phenoxy) is 1. The molecule has 0 atom stereocenters. The highest BCUT2D eigenvalue weighted by Crippen LogP contribution is 2.44. The van der Waals surface area contributed by atoms with Gasteiger partial charge in [-0.25, -0.2) is 9.59 Å². The Bertz CT molecular complexity index is 1070. The fourth-order valence-electron chi connectivity index (χ4n) is 4.09. The molecule has 3 aromatic rings. The van der Waals surface area contributed by atoms with Crippen LogP contribution >= 0.6 is 0 Å². The lowest BCUT2D eigenvalue weighted by Crippen LogP contribution is -2.20. The Morgan fingerprint density at radius 2 is 1.55 bits per heavy atom. The summed E-state index contributed by atoms with van der Waals surface area (Å²) in [4.78, 5) is 24.0. The molecule has 0 saturated carbocycles. The van der Waals surface area contributed by atoms with Crippen molar-refractivity contribution >= 4 is 17.7 Å². The standard InChI is InChI=1S/C24H21NO4/c1-14-11-15(2)22(23(26)27)21(12-14)25-24(28)29-13-20-18-9-5-3-7-16(18)17-8-4-6-10-19(17)20/h3-12,20H,13H2,1-2H3,(H,25,28)(H,26,27). The minimum atomic E-state index is -1.09. The van der Waals surface area contributed by atoms with Gasteiger partial charge in [0.1, 0.15) is 6.61 Å². The third-order valence-corrected chi connectivity index (χ3v) is 5.27. The number of fused-ring (bicyclic) bond motifs is 3. The summed E-state index contributed by atoms with van der Waals surface area (Å²) < 4.78 is 5.52. The second-order valence-corrected chi connectivity index (χ2v) is 7.26. The molecule has 0 fully saturated rings. The summed E-state index contributed by atoms with van der Waals surface area (Å²) in [5, 5.41) is 12.1. The predicted octanol–water partition coefficient (Wildman–Crippen LogP) is 5.36. The van der Waals surface area contributed by atoms with Gasteiger partial charge < -0.3 is 9.84 Å². The van der Waals surface area contributed by atoms with Crippen LogP contribution < -0.4 is 5.32 Å². The first-order valence-corrected chi connectivity index (χ1v) is 9.42. The Labute approximate surface area is 169 Å². The van der Waals surface area contributed by atoms with Gasteiger partial charge in [0.25, 0.3) is 0 Å². The Kier molecular flexibility index (Phi) is 4.80. The number of amides is 1. The van der Waals surface area contributed by atoms with E-state index in [0.29, 0.717) is 5.56 Å². The molecule has 1 amide bonds. The zero-order valence-corrected chi connectivity index (χ0v) is 16.2. The fourth-order valence-corrected chi connectivity index (χ4v) is 4.09. The number of rotatable bonds is 4. The first kappa shape index (κ1) is 18.7. The summed E-state index contributed by atoms with van der Waals surface area (Å²) in [6.07, 6.45) is -0.667. The Hall–Kier alpha value is -3.60. The quantitative estimate of drug-likeness (QED) is 0.632. The van der Waals surface area contributed by atoms with E-state index in [2.05, 4.69) is 17.4 Å². The fraction of sp³-hybridized carbons (Fsp3) is 0.167. The molecule has 3 aromatic carbocycles. The number of aromatic carboxylic acids is 1. The van der Waals surface area contributed by atoms with E-state index < -0.39 is 12.1 Å². The van der Waals surface area contributed by atoms with Crippen molar-refractivity contribution in [3.63, 3.8) is 0 Å². The van der Waals surface area contributed by atoms with E-state index in [1.165, 1.54) is 0 Å². The van der Waals surface area contributed by atoms with Gasteiger partial charge >= 0.3 is 12.1 Å². The molecule has 5 heteroatoms. The van der Waals surface area contributed by atoms with Crippen molar-refractivity contribution in [2.75, 3.05) is 11.9 Å². The van der Waals surface area contributed by atoms with Crippen molar-refractivity contribution in [1.29, 1.82) is 0 Å². The lowest BCUT2D eigenvalue weighted by molar-refractivity contribution is 0.0697. The van der Waals surface area contributed by atoms with Crippen molar-refractivity contribution in [1.82, 2.24) is 0 Å². The SMILES string of the molecule is Cc1cc(C)c(C(=O)O)c(NC(=O)OCC2c3ccccc3-c3ccccc32)c1. The first-order chi connectivity index (χ1) is 14.0. The minimum Gasteiger partial charge on any atom is -0.478 e. The molecule has 1 aliphatic carbocycles. The number of benzene rings is 3. The predicted molar refractivity (Wildman–Crippen MR) is 112 cm³/mol. The number of aryl methyl sites for hydroxylation is 2. The molecule has 0 aliphatic heterocycles. The molecular formula is C24H21NO4. The van der Waals surface area contributed by atoms with Gasteiger partial charge in [-0.1, -0.05) is 54.6 Å². The maximum atomic E-state index is 12.5. The number of carboxylic acid groups (broad SMARTS) is 1. The highest BCUT2D eigenvalue weighted by molar-refractivity contribution is 6.00. The van der Waals surface area contributed by atoms with Crippen LogP contribution in [0.3, 0.4) is 0 Å². The largest absolute Gasteiger partial charge is 0.478 e. The van der Waals surface area contributed by atoms with Crippen LogP contribution in [0.1, 0.15) is 38.5 Å². The van der Waals surface area contributed by atoms with E-state index in [1.54, 1.807) is 19.1 Å². The topological polar surface area (TPSA) is 75.6 Å². The molecule has 0 bridgehead atoms. The molecule has 0 radical (unpaired) electrons. The Morgan fingerprint density at radius 1 is 0.966 bits per heavy atom. The number of hydrogen-bond donors (Lipinski definition) is 2. The zero-order chi connectivity index (χ0) is 20.5. The number of nitrogens with one attached hydrogen (secondary N) is 1. The van der Waals surface area contributed by atoms with Crippen LogP contribution in [0.15, 0.2) is 60.7 Å². The molecule has 0 unspecified atom stereocenters. The molecule has 146 valence electrons. The van der Waals surface area contributed by atoms with Gasteiger partial charge in [0.15, 0.2) is 0 Å². The smallest absolute Gasteiger partial charge is 0.411 e. The van der Waals surface area contributed by atoms with E-state index in [-0.39, 0.29) is 23.8 Å². The summed E-state index contributed by atoms with van der Waals surface area (Å²) in [5.74, 6) is -1.14. The van der Waals surface area contributed by atoms with E-state index in [9.17, 15) is 14.7 Å². The average molecular weight is 387 g/mol. The van der Waals surface area contributed by atoms with Gasteiger partial charge in [0.2, 0.25) is 0 Å². The summed E-state index contributed by atoms with van der Waals surface area (Å²) in [5.41, 5.74) is 6.32. The number of carbonyl (C=O) groups excluding carboxylic acids is 1. The van der Waals surface area contributed by atoms with Gasteiger partial charge in [0, 0.05) is 5.92 Å². The maximum absolute atomic E-state index is 12.5. The van der Waals surface area contributed by atoms with Crippen LogP contribution in [0, 0.1) is 13.8 Å². The maximum Gasteiger partial charge on any atom is 0.411 e. The molecule has 1 aliphatic rings. The number of carboxylic acids is 1. The van der Waals surface area contributed by atoms with E-state index >= 15 is 0 Å². The number of anilines is 1. The van der Waals surface area contributed by atoms with Crippen LogP contribution in [0.4, 0.5) is 10.5 Å².